The van der Waals surface area contributed by atoms with Crippen LogP contribution in [0.25, 0.3) is 22.4 Å². The Balaban J connectivity index is 1.54. The Morgan fingerprint density at radius 1 is 1.04 bits per heavy atom. The summed E-state index contributed by atoms with van der Waals surface area (Å²) in [7, 11) is 0. The number of nitrogens with zero attached hydrogens (tertiary/aromatic N) is 2. The Morgan fingerprint density at radius 2 is 1.88 bits per heavy atom. The molecule has 5 heteroatoms. The van der Waals surface area contributed by atoms with Crippen LogP contribution in [0.2, 0.25) is 0 Å². The highest BCUT2D eigenvalue weighted by atomic mass is 16.4. The number of H-pyrrole nitrogens is 1. The van der Waals surface area contributed by atoms with Crippen molar-refractivity contribution in [3.05, 3.63) is 66.2 Å². The van der Waals surface area contributed by atoms with Gasteiger partial charge in [-0.1, -0.05) is 17.7 Å². The van der Waals surface area contributed by atoms with Crippen molar-refractivity contribution in [2.24, 2.45) is 0 Å². The third-order valence-electron chi connectivity index (χ3n) is 4.05. The SMILES string of the molecule is Cc1ccc(-c2nnc(C(C)Nc3ccc4[nH]ccc4c3)o2)cc1. The number of hydrogen-bond acceptors (Lipinski definition) is 4. The fourth-order valence-corrected chi connectivity index (χ4v) is 2.68. The molecule has 0 saturated carbocycles. The average Bonchev–Trinajstić information content (AvgIpc) is 3.24. The van der Waals surface area contributed by atoms with Gasteiger partial charge in [-0.05, 0) is 50.2 Å². The fraction of sp³-hybridized carbons (Fsp3) is 0.158. The molecule has 0 aliphatic carbocycles. The van der Waals surface area contributed by atoms with Crippen LogP contribution >= 0.6 is 0 Å². The average molecular weight is 318 g/mol. The molecule has 1 atom stereocenters. The molecule has 5 nitrogen and oxygen atoms in total. The molecule has 0 aliphatic rings. The zero-order valence-corrected chi connectivity index (χ0v) is 13.6. The first-order valence-corrected chi connectivity index (χ1v) is 7.93. The molecule has 0 spiro atoms. The Bertz CT molecular complexity index is 968. The molecule has 4 aromatic rings. The molecule has 0 radical (unpaired) electrons. The predicted octanol–water partition coefficient (Wildman–Crippen LogP) is 4.70. The third kappa shape index (κ3) is 2.76. The molecule has 0 bridgehead atoms. The lowest BCUT2D eigenvalue weighted by atomic mass is 10.1. The van der Waals surface area contributed by atoms with Crippen LogP contribution in [-0.4, -0.2) is 15.2 Å². The second kappa shape index (κ2) is 5.85. The van der Waals surface area contributed by atoms with Gasteiger partial charge in [-0.25, -0.2) is 0 Å². The normalized spacial score (nSPS) is 12.4. The fourth-order valence-electron chi connectivity index (χ4n) is 2.68. The van der Waals surface area contributed by atoms with Crippen LogP contribution in [-0.2, 0) is 0 Å². The molecular formula is C19H18N4O. The van der Waals surface area contributed by atoms with Crippen LogP contribution < -0.4 is 5.32 Å². The van der Waals surface area contributed by atoms with Crippen molar-refractivity contribution in [3.8, 4) is 11.5 Å². The number of benzene rings is 2. The van der Waals surface area contributed by atoms with Crippen LogP contribution in [0.1, 0.15) is 24.4 Å². The van der Waals surface area contributed by atoms with E-state index in [-0.39, 0.29) is 6.04 Å². The van der Waals surface area contributed by atoms with Crippen molar-refractivity contribution in [2.45, 2.75) is 19.9 Å². The maximum Gasteiger partial charge on any atom is 0.247 e. The van der Waals surface area contributed by atoms with Crippen LogP contribution in [0, 0.1) is 6.92 Å². The number of nitrogens with one attached hydrogen (secondary N) is 2. The standard InChI is InChI=1S/C19H18N4O/c1-12-3-5-14(6-4-12)19-23-22-18(24-19)13(2)21-16-7-8-17-15(11-16)9-10-20-17/h3-11,13,20-21H,1-2H3. The lowest BCUT2D eigenvalue weighted by molar-refractivity contribution is 0.485. The molecule has 120 valence electrons. The second-order valence-corrected chi connectivity index (χ2v) is 5.96. The summed E-state index contributed by atoms with van der Waals surface area (Å²) in [6.07, 6.45) is 1.93. The van der Waals surface area contributed by atoms with Gasteiger partial charge in [0.15, 0.2) is 0 Å². The minimum absolute atomic E-state index is 0.0758. The number of aryl methyl sites for hydroxylation is 1. The molecule has 4 rings (SSSR count). The van der Waals surface area contributed by atoms with Gasteiger partial charge in [0, 0.05) is 28.4 Å². The van der Waals surface area contributed by atoms with Gasteiger partial charge < -0.3 is 14.7 Å². The summed E-state index contributed by atoms with van der Waals surface area (Å²) in [5, 5.41) is 12.9. The number of hydrogen-bond donors (Lipinski definition) is 2. The summed E-state index contributed by atoms with van der Waals surface area (Å²) >= 11 is 0. The number of aromatic nitrogens is 3. The molecule has 0 fully saturated rings. The Morgan fingerprint density at radius 3 is 2.71 bits per heavy atom. The predicted molar refractivity (Wildman–Crippen MR) is 94.8 cm³/mol. The second-order valence-electron chi connectivity index (χ2n) is 5.96. The number of anilines is 1. The first-order valence-electron chi connectivity index (χ1n) is 7.93. The highest BCUT2D eigenvalue weighted by Crippen LogP contribution is 2.25. The molecule has 0 amide bonds. The van der Waals surface area contributed by atoms with Gasteiger partial charge >= 0.3 is 0 Å². The van der Waals surface area contributed by atoms with Gasteiger partial charge in [0.1, 0.15) is 6.04 Å². The van der Waals surface area contributed by atoms with Crippen molar-refractivity contribution in [1.29, 1.82) is 0 Å². The van der Waals surface area contributed by atoms with E-state index >= 15 is 0 Å². The third-order valence-corrected chi connectivity index (χ3v) is 4.05. The Hall–Kier alpha value is -3.08. The summed E-state index contributed by atoms with van der Waals surface area (Å²) in [5.41, 5.74) is 4.27. The number of rotatable bonds is 4. The number of aromatic amines is 1. The molecular weight excluding hydrogens is 300 g/mol. The summed E-state index contributed by atoms with van der Waals surface area (Å²) in [6.45, 7) is 4.06. The molecule has 2 aromatic heterocycles. The lowest BCUT2D eigenvalue weighted by Crippen LogP contribution is -2.06. The van der Waals surface area contributed by atoms with Crippen molar-refractivity contribution in [2.75, 3.05) is 5.32 Å². The van der Waals surface area contributed by atoms with E-state index in [2.05, 4.69) is 39.6 Å². The van der Waals surface area contributed by atoms with Gasteiger partial charge in [-0.3, -0.25) is 0 Å². The van der Waals surface area contributed by atoms with E-state index in [0.29, 0.717) is 11.8 Å². The van der Waals surface area contributed by atoms with Crippen LogP contribution in [0.4, 0.5) is 5.69 Å². The van der Waals surface area contributed by atoms with Crippen molar-refractivity contribution in [1.82, 2.24) is 15.2 Å². The van der Waals surface area contributed by atoms with E-state index in [1.165, 1.54) is 5.56 Å². The largest absolute Gasteiger partial charge is 0.418 e. The summed E-state index contributed by atoms with van der Waals surface area (Å²) in [6, 6.07) is 16.2. The van der Waals surface area contributed by atoms with Crippen molar-refractivity contribution < 1.29 is 4.42 Å². The zero-order chi connectivity index (χ0) is 16.5. The highest BCUT2D eigenvalue weighted by molar-refractivity contribution is 5.83. The van der Waals surface area contributed by atoms with E-state index < -0.39 is 0 Å². The molecule has 0 aliphatic heterocycles. The smallest absolute Gasteiger partial charge is 0.247 e. The van der Waals surface area contributed by atoms with E-state index in [1.807, 2.05) is 49.5 Å². The zero-order valence-electron chi connectivity index (χ0n) is 13.6. The van der Waals surface area contributed by atoms with E-state index in [4.69, 9.17) is 4.42 Å². The van der Waals surface area contributed by atoms with Crippen molar-refractivity contribution in [3.63, 3.8) is 0 Å². The molecule has 2 heterocycles. The molecule has 2 aromatic carbocycles. The highest BCUT2D eigenvalue weighted by Gasteiger charge is 2.15. The van der Waals surface area contributed by atoms with E-state index in [9.17, 15) is 0 Å². The monoisotopic (exact) mass is 318 g/mol. The molecule has 1 unspecified atom stereocenters. The minimum atomic E-state index is -0.0758. The molecule has 0 saturated heterocycles. The summed E-state index contributed by atoms with van der Waals surface area (Å²) in [5.74, 6) is 1.11. The topological polar surface area (TPSA) is 66.7 Å². The van der Waals surface area contributed by atoms with Crippen LogP contribution in [0.3, 0.4) is 0 Å². The van der Waals surface area contributed by atoms with Crippen LogP contribution in [0.5, 0.6) is 0 Å². The van der Waals surface area contributed by atoms with Gasteiger partial charge in [0.2, 0.25) is 11.8 Å². The van der Waals surface area contributed by atoms with Gasteiger partial charge in [0.25, 0.3) is 0 Å². The number of fused-ring (bicyclic) bond motifs is 1. The van der Waals surface area contributed by atoms with Gasteiger partial charge in [-0.15, -0.1) is 10.2 Å². The first-order chi connectivity index (χ1) is 11.7. The first kappa shape index (κ1) is 14.5. The maximum absolute atomic E-state index is 5.83. The summed E-state index contributed by atoms with van der Waals surface area (Å²) < 4.78 is 5.83. The summed E-state index contributed by atoms with van der Waals surface area (Å²) in [4.78, 5) is 3.19. The molecule has 2 N–H and O–H groups in total. The lowest BCUT2D eigenvalue weighted by Gasteiger charge is -2.11. The Kier molecular flexibility index (Phi) is 3.54. The van der Waals surface area contributed by atoms with Gasteiger partial charge in [0.05, 0.1) is 0 Å². The molecule has 24 heavy (non-hydrogen) atoms. The van der Waals surface area contributed by atoms with Crippen LogP contribution in [0.15, 0.2) is 59.1 Å². The van der Waals surface area contributed by atoms with E-state index in [1.54, 1.807) is 0 Å². The van der Waals surface area contributed by atoms with E-state index in [0.717, 1.165) is 22.2 Å². The van der Waals surface area contributed by atoms with Crippen molar-refractivity contribution >= 4 is 16.6 Å². The maximum atomic E-state index is 5.83. The Labute approximate surface area is 139 Å². The minimum Gasteiger partial charge on any atom is -0.418 e. The van der Waals surface area contributed by atoms with Gasteiger partial charge in [-0.2, -0.15) is 0 Å². The quantitative estimate of drug-likeness (QED) is 0.572.